The van der Waals surface area contributed by atoms with Crippen LogP contribution in [-0.2, 0) is 0 Å². The number of pyridine rings is 1. The Morgan fingerprint density at radius 1 is 0.652 bits per heavy atom. The molecule has 1 nitrogen and oxygen atoms in total. The van der Waals surface area contributed by atoms with Gasteiger partial charge in [0, 0.05) is 17.5 Å². The standard InChI is InChI=1S/C22H15N/c1-2-7-15(8-3-1)20-18-11-5-4-10-17(18)19-13-12-16-9-6-14-23-22(16)21(19)20/h1-14,20H. The molecule has 0 radical (unpaired) electrons. The molecule has 1 heterocycles. The predicted octanol–water partition coefficient (Wildman–Crippen LogP) is 5.40. The van der Waals surface area contributed by atoms with Crippen LogP contribution in [0.4, 0.5) is 0 Å². The van der Waals surface area contributed by atoms with Crippen molar-refractivity contribution in [3.8, 4) is 11.1 Å². The van der Waals surface area contributed by atoms with E-state index in [9.17, 15) is 0 Å². The zero-order valence-electron chi connectivity index (χ0n) is 12.6. The van der Waals surface area contributed by atoms with Crippen molar-refractivity contribution >= 4 is 10.9 Å². The highest BCUT2D eigenvalue weighted by Crippen LogP contribution is 2.49. The lowest BCUT2D eigenvalue weighted by Gasteiger charge is -2.15. The van der Waals surface area contributed by atoms with Gasteiger partial charge in [-0.15, -0.1) is 0 Å². The number of aromatic nitrogens is 1. The molecule has 108 valence electrons. The van der Waals surface area contributed by atoms with Crippen molar-refractivity contribution in [3.63, 3.8) is 0 Å². The highest BCUT2D eigenvalue weighted by molar-refractivity contribution is 5.94. The third kappa shape index (κ3) is 1.77. The summed E-state index contributed by atoms with van der Waals surface area (Å²) >= 11 is 0. The zero-order chi connectivity index (χ0) is 15.2. The highest BCUT2D eigenvalue weighted by Gasteiger charge is 2.31. The molecule has 5 rings (SSSR count). The predicted molar refractivity (Wildman–Crippen MR) is 94.6 cm³/mol. The Kier molecular flexibility index (Phi) is 2.62. The maximum absolute atomic E-state index is 4.71. The van der Waals surface area contributed by atoms with Gasteiger partial charge in [-0.2, -0.15) is 0 Å². The minimum atomic E-state index is 0.265. The van der Waals surface area contributed by atoms with E-state index in [1.807, 2.05) is 12.3 Å². The van der Waals surface area contributed by atoms with Crippen LogP contribution in [0.3, 0.4) is 0 Å². The van der Waals surface area contributed by atoms with Crippen LogP contribution < -0.4 is 0 Å². The van der Waals surface area contributed by atoms with Crippen LogP contribution in [0.15, 0.2) is 85.1 Å². The molecule has 1 unspecified atom stereocenters. The summed E-state index contributed by atoms with van der Waals surface area (Å²) in [7, 11) is 0. The second-order valence-corrected chi connectivity index (χ2v) is 6.03. The minimum Gasteiger partial charge on any atom is -0.256 e. The molecule has 0 bridgehead atoms. The molecule has 4 aromatic rings. The van der Waals surface area contributed by atoms with E-state index in [2.05, 4.69) is 72.8 Å². The van der Waals surface area contributed by atoms with E-state index in [0.29, 0.717) is 0 Å². The van der Waals surface area contributed by atoms with Crippen LogP contribution in [0, 0.1) is 0 Å². The number of hydrogen-bond acceptors (Lipinski definition) is 1. The fourth-order valence-electron chi connectivity index (χ4n) is 3.84. The Balaban J connectivity index is 1.91. The maximum atomic E-state index is 4.71. The Bertz CT molecular complexity index is 1020. The molecule has 0 spiro atoms. The number of fused-ring (bicyclic) bond motifs is 5. The number of nitrogens with zero attached hydrogens (tertiary/aromatic N) is 1. The summed E-state index contributed by atoms with van der Waals surface area (Å²) in [5.41, 5.74) is 7.83. The van der Waals surface area contributed by atoms with Gasteiger partial charge < -0.3 is 0 Å². The topological polar surface area (TPSA) is 12.9 Å². The van der Waals surface area contributed by atoms with E-state index in [1.165, 1.54) is 33.2 Å². The summed E-state index contributed by atoms with van der Waals surface area (Å²) in [5, 5.41) is 1.21. The largest absolute Gasteiger partial charge is 0.256 e. The molecule has 3 aromatic carbocycles. The Labute approximate surface area is 135 Å². The van der Waals surface area contributed by atoms with Gasteiger partial charge in [0.05, 0.1) is 5.52 Å². The molecule has 0 saturated heterocycles. The molecule has 0 saturated carbocycles. The molecule has 0 N–H and O–H groups in total. The van der Waals surface area contributed by atoms with Gasteiger partial charge in [0.15, 0.2) is 0 Å². The molecular weight excluding hydrogens is 278 g/mol. The Morgan fingerprint density at radius 2 is 1.48 bits per heavy atom. The number of hydrogen-bond donors (Lipinski definition) is 0. The zero-order valence-corrected chi connectivity index (χ0v) is 12.6. The Hall–Kier alpha value is -2.93. The first-order valence-corrected chi connectivity index (χ1v) is 7.95. The summed E-state index contributed by atoms with van der Waals surface area (Å²) < 4.78 is 0. The molecule has 1 aliphatic carbocycles. The van der Waals surface area contributed by atoms with Crippen LogP contribution in [-0.4, -0.2) is 4.98 Å². The van der Waals surface area contributed by atoms with Crippen molar-refractivity contribution < 1.29 is 0 Å². The third-order valence-corrected chi connectivity index (χ3v) is 4.80. The molecule has 1 aliphatic rings. The van der Waals surface area contributed by atoms with Crippen molar-refractivity contribution in [1.29, 1.82) is 0 Å². The van der Waals surface area contributed by atoms with E-state index < -0.39 is 0 Å². The average molecular weight is 293 g/mol. The van der Waals surface area contributed by atoms with Crippen LogP contribution in [0.25, 0.3) is 22.0 Å². The minimum absolute atomic E-state index is 0.265. The number of benzene rings is 3. The lowest BCUT2D eigenvalue weighted by atomic mass is 9.88. The molecule has 1 heteroatoms. The monoisotopic (exact) mass is 293 g/mol. The normalized spacial score (nSPS) is 15.4. The lowest BCUT2D eigenvalue weighted by molar-refractivity contribution is 1.02. The SMILES string of the molecule is c1ccc(C2c3ccccc3-c3ccc4cccnc4c32)cc1. The first-order valence-electron chi connectivity index (χ1n) is 7.95. The first kappa shape index (κ1) is 12.6. The van der Waals surface area contributed by atoms with E-state index in [4.69, 9.17) is 4.98 Å². The highest BCUT2D eigenvalue weighted by atomic mass is 14.7. The van der Waals surface area contributed by atoms with E-state index in [-0.39, 0.29) is 5.92 Å². The van der Waals surface area contributed by atoms with Crippen LogP contribution in [0.5, 0.6) is 0 Å². The average Bonchev–Trinajstić information content (AvgIpc) is 2.97. The van der Waals surface area contributed by atoms with Crippen molar-refractivity contribution in [2.24, 2.45) is 0 Å². The van der Waals surface area contributed by atoms with Crippen molar-refractivity contribution in [1.82, 2.24) is 4.98 Å². The molecule has 0 aliphatic heterocycles. The molecule has 0 amide bonds. The van der Waals surface area contributed by atoms with Gasteiger partial charge in [0.25, 0.3) is 0 Å². The van der Waals surface area contributed by atoms with Gasteiger partial charge in [-0.1, -0.05) is 72.8 Å². The smallest absolute Gasteiger partial charge is 0.0749 e. The van der Waals surface area contributed by atoms with Gasteiger partial charge >= 0.3 is 0 Å². The Morgan fingerprint density at radius 3 is 2.39 bits per heavy atom. The van der Waals surface area contributed by atoms with Crippen molar-refractivity contribution in [3.05, 3.63) is 102 Å². The van der Waals surface area contributed by atoms with Gasteiger partial charge in [0.1, 0.15) is 0 Å². The first-order chi connectivity index (χ1) is 11.4. The lowest BCUT2D eigenvalue weighted by Crippen LogP contribution is -2.00. The van der Waals surface area contributed by atoms with E-state index in [1.54, 1.807) is 0 Å². The van der Waals surface area contributed by atoms with E-state index in [0.717, 1.165) is 5.52 Å². The summed E-state index contributed by atoms with van der Waals surface area (Å²) in [6, 6.07) is 28.1. The van der Waals surface area contributed by atoms with Crippen molar-refractivity contribution in [2.45, 2.75) is 5.92 Å². The fraction of sp³-hybridized carbons (Fsp3) is 0.0455. The van der Waals surface area contributed by atoms with Gasteiger partial charge in [-0.05, 0) is 33.9 Å². The summed E-state index contributed by atoms with van der Waals surface area (Å²) in [6.45, 7) is 0. The van der Waals surface area contributed by atoms with Crippen molar-refractivity contribution in [2.75, 3.05) is 0 Å². The van der Waals surface area contributed by atoms with Gasteiger partial charge in [-0.25, -0.2) is 0 Å². The second kappa shape index (κ2) is 4.79. The quantitative estimate of drug-likeness (QED) is 0.403. The summed E-state index contributed by atoms with van der Waals surface area (Å²) in [6.07, 6.45) is 1.90. The fourth-order valence-corrected chi connectivity index (χ4v) is 3.84. The van der Waals surface area contributed by atoms with Gasteiger partial charge in [-0.3, -0.25) is 4.98 Å². The summed E-state index contributed by atoms with van der Waals surface area (Å²) in [4.78, 5) is 4.71. The number of rotatable bonds is 1. The molecule has 23 heavy (non-hydrogen) atoms. The van der Waals surface area contributed by atoms with Crippen LogP contribution in [0.2, 0.25) is 0 Å². The van der Waals surface area contributed by atoms with Crippen LogP contribution in [0.1, 0.15) is 22.6 Å². The van der Waals surface area contributed by atoms with Crippen LogP contribution >= 0.6 is 0 Å². The maximum Gasteiger partial charge on any atom is 0.0749 e. The van der Waals surface area contributed by atoms with E-state index >= 15 is 0 Å². The molecular formula is C22H15N. The molecule has 1 aromatic heterocycles. The molecule has 1 atom stereocenters. The second-order valence-electron chi connectivity index (χ2n) is 6.03. The summed E-state index contributed by atoms with van der Waals surface area (Å²) in [5.74, 6) is 0.265. The molecule has 0 fully saturated rings. The van der Waals surface area contributed by atoms with Gasteiger partial charge in [0.2, 0.25) is 0 Å². The third-order valence-electron chi connectivity index (χ3n) is 4.80.